The van der Waals surface area contributed by atoms with Crippen molar-refractivity contribution in [1.29, 1.82) is 0 Å². The molecule has 6 heteroatoms. The Bertz CT molecular complexity index is 467. The van der Waals surface area contributed by atoms with E-state index in [4.69, 9.17) is 4.74 Å². The smallest absolute Gasteiger partial charge is 0.260 e. The fraction of sp³-hybridized carbons (Fsp3) is 0.562. The Kier molecular flexibility index (Phi) is 8.83. The van der Waals surface area contributed by atoms with Gasteiger partial charge >= 0.3 is 0 Å². The molecule has 1 saturated heterocycles. The predicted octanol–water partition coefficient (Wildman–Crippen LogP) is 3.14. The Balaban J connectivity index is 0.00000242. The lowest BCUT2D eigenvalue weighted by molar-refractivity contribution is -0.127. The van der Waals surface area contributed by atoms with Gasteiger partial charge in [-0.05, 0) is 73.3 Å². The summed E-state index contributed by atoms with van der Waals surface area (Å²) in [6, 6.07) is 7.55. The maximum Gasteiger partial charge on any atom is 0.260 e. The second-order valence-electron chi connectivity index (χ2n) is 5.48. The van der Waals surface area contributed by atoms with Crippen LogP contribution in [0.5, 0.6) is 5.75 Å². The average molecular weight is 392 g/mol. The first-order chi connectivity index (χ1) is 10.2. The third-order valence-corrected chi connectivity index (χ3v) is 4.42. The summed E-state index contributed by atoms with van der Waals surface area (Å²) in [6.45, 7) is 4.68. The van der Waals surface area contributed by atoms with Crippen LogP contribution in [0.25, 0.3) is 0 Å². The summed E-state index contributed by atoms with van der Waals surface area (Å²) in [4.78, 5) is 12.0. The number of carbonyl (C=O) groups excluding carboxylic acids is 1. The van der Waals surface area contributed by atoms with Crippen molar-refractivity contribution in [2.45, 2.75) is 32.3 Å². The Morgan fingerprint density at radius 3 is 2.95 bits per heavy atom. The van der Waals surface area contributed by atoms with Crippen LogP contribution in [0.15, 0.2) is 28.7 Å². The molecule has 2 unspecified atom stereocenters. The van der Waals surface area contributed by atoms with Gasteiger partial charge in [-0.25, -0.2) is 0 Å². The zero-order valence-corrected chi connectivity index (χ0v) is 15.2. The summed E-state index contributed by atoms with van der Waals surface area (Å²) in [7, 11) is 0. The van der Waals surface area contributed by atoms with Crippen LogP contribution in [-0.4, -0.2) is 31.6 Å². The molecule has 0 aliphatic carbocycles. The molecule has 1 aliphatic rings. The van der Waals surface area contributed by atoms with Crippen LogP contribution < -0.4 is 15.4 Å². The van der Waals surface area contributed by atoms with Crippen LogP contribution in [0.2, 0.25) is 0 Å². The molecule has 2 atom stereocenters. The van der Waals surface area contributed by atoms with E-state index in [0.29, 0.717) is 11.7 Å². The Morgan fingerprint density at radius 2 is 2.27 bits per heavy atom. The molecule has 0 spiro atoms. The molecule has 1 aliphatic heterocycles. The largest absolute Gasteiger partial charge is 0.480 e. The fourth-order valence-corrected chi connectivity index (χ4v) is 2.88. The SMILES string of the molecule is CC(Oc1ccccc1Br)C(=O)NCCC1CCCNC1.Cl. The Morgan fingerprint density at radius 1 is 1.50 bits per heavy atom. The highest BCUT2D eigenvalue weighted by Crippen LogP contribution is 2.24. The van der Waals surface area contributed by atoms with Gasteiger partial charge in [0.15, 0.2) is 6.10 Å². The molecule has 1 aromatic rings. The van der Waals surface area contributed by atoms with E-state index in [9.17, 15) is 4.79 Å². The lowest BCUT2D eigenvalue weighted by Crippen LogP contribution is -2.38. The van der Waals surface area contributed by atoms with Crippen LogP contribution in [0.4, 0.5) is 0 Å². The van der Waals surface area contributed by atoms with Gasteiger partial charge in [0.2, 0.25) is 0 Å². The summed E-state index contributed by atoms with van der Waals surface area (Å²) in [6.07, 6.45) is 3.03. The van der Waals surface area contributed by atoms with Gasteiger partial charge in [-0.1, -0.05) is 12.1 Å². The molecule has 1 fully saturated rings. The molecular formula is C16H24BrClN2O2. The summed E-state index contributed by atoms with van der Waals surface area (Å²) in [5.74, 6) is 1.31. The zero-order chi connectivity index (χ0) is 15.1. The molecule has 4 nitrogen and oxygen atoms in total. The lowest BCUT2D eigenvalue weighted by Gasteiger charge is -2.23. The minimum absolute atomic E-state index is 0. The Labute approximate surface area is 146 Å². The minimum atomic E-state index is -0.492. The number of nitrogens with one attached hydrogen (secondary N) is 2. The third kappa shape index (κ3) is 6.15. The van der Waals surface area contributed by atoms with E-state index < -0.39 is 6.10 Å². The third-order valence-electron chi connectivity index (χ3n) is 3.76. The predicted molar refractivity (Wildman–Crippen MR) is 94.7 cm³/mol. The van der Waals surface area contributed by atoms with Crippen molar-refractivity contribution in [1.82, 2.24) is 10.6 Å². The monoisotopic (exact) mass is 390 g/mol. The number of benzene rings is 1. The number of amides is 1. The van der Waals surface area contributed by atoms with E-state index in [1.54, 1.807) is 6.92 Å². The average Bonchev–Trinajstić information content (AvgIpc) is 2.50. The summed E-state index contributed by atoms with van der Waals surface area (Å²) in [5, 5.41) is 6.35. The van der Waals surface area contributed by atoms with Crippen molar-refractivity contribution < 1.29 is 9.53 Å². The highest BCUT2D eigenvalue weighted by molar-refractivity contribution is 9.10. The van der Waals surface area contributed by atoms with E-state index in [0.717, 1.165) is 30.5 Å². The minimum Gasteiger partial charge on any atom is -0.480 e. The van der Waals surface area contributed by atoms with Gasteiger partial charge in [-0.3, -0.25) is 4.79 Å². The van der Waals surface area contributed by atoms with Gasteiger partial charge in [0.05, 0.1) is 4.47 Å². The molecule has 1 aromatic carbocycles. The number of para-hydroxylation sites is 1. The molecule has 1 amide bonds. The van der Waals surface area contributed by atoms with Crippen LogP contribution in [0.3, 0.4) is 0 Å². The van der Waals surface area contributed by atoms with Gasteiger partial charge in [0.25, 0.3) is 5.91 Å². The van der Waals surface area contributed by atoms with E-state index >= 15 is 0 Å². The number of hydrogen-bond donors (Lipinski definition) is 2. The van der Waals surface area contributed by atoms with Crippen LogP contribution >= 0.6 is 28.3 Å². The van der Waals surface area contributed by atoms with Gasteiger partial charge in [0, 0.05) is 6.54 Å². The number of hydrogen-bond acceptors (Lipinski definition) is 3. The topological polar surface area (TPSA) is 50.4 Å². The van der Waals surface area contributed by atoms with Gasteiger partial charge < -0.3 is 15.4 Å². The van der Waals surface area contributed by atoms with Gasteiger partial charge in [-0.2, -0.15) is 0 Å². The van der Waals surface area contributed by atoms with E-state index in [-0.39, 0.29) is 18.3 Å². The maximum absolute atomic E-state index is 12.0. The quantitative estimate of drug-likeness (QED) is 0.783. The zero-order valence-electron chi connectivity index (χ0n) is 12.8. The van der Waals surface area contributed by atoms with E-state index in [1.165, 1.54) is 12.8 Å². The van der Waals surface area contributed by atoms with Crippen molar-refractivity contribution >= 4 is 34.2 Å². The summed E-state index contributed by atoms with van der Waals surface area (Å²) >= 11 is 3.41. The van der Waals surface area contributed by atoms with Crippen molar-refractivity contribution in [3.63, 3.8) is 0 Å². The van der Waals surface area contributed by atoms with E-state index in [1.807, 2.05) is 24.3 Å². The molecule has 2 N–H and O–H groups in total. The number of piperidine rings is 1. The van der Waals surface area contributed by atoms with Crippen molar-refractivity contribution in [3.8, 4) is 5.75 Å². The first kappa shape index (κ1) is 19.3. The highest BCUT2D eigenvalue weighted by atomic mass is 79.9. The first-order valence-corrected chi connectivity index (χ1v) is 8.35. The lowest BCUT2D eigenvalue weighted by atomic mass is 9.96. The molecule has 0 saturated carbocycles. The molecule has 2 rings (SSSR count). The number of ether oxygens (including phenoxy) is 1. The van der Waals surface area contributed by atoms with Crippen LogP contribution in [0, 0.1) is 5.92 Å². The number of halogens is 2. The molecule has 0 radical (unpaired) electrons. The second-order valence-corrected chi connectivity index (χ2v) is 6.34. The second kappa shape index (κ2) is 10.1. The first-order valence-electron chi connectivity index (χ1n) is 7.56. The standard InChI is InChI=1S/C16H23BrN2O2.ClH/c1-12(21-15-7-3-2-6-14(15)17)16(20)19-10-8-13-5-4-9-18-11-13;/h2-3,6-7,12-13,18H,4-5,8-11H2,1H3,(H,19,20);1H. The molecule has 0 bridgehead atoms. The number of rotatable bonds is 6. The van der Waals surface area contributed by atoms with Crippen molar-refractivity contribution in [2.75, 3.05) is 19.6 Å². The molecule has 0 aromatic heterocycles. The summed E-state index contributed by atoms with van der Waals surface area (Å²) < 4.78 is 6.54. The molecule has 124 valence electrons. The van der Waals surface area contributed by atoms with Gasteiger partial charge in [0.1, 0.15) is 5.75 Å². The molecular weight excluding hydrogens is 368 g/mol. The van der Waals surface area contributed by atoms with Crippen molar-refractivity contribution in [3.05, 3.63) is 28.7 Å². The summed E-state index contributed by atoms with van der Waals surface area (Å²) in [5.41, 5.74) is 0. The van der Waals surface area contributed by atoms with Crippen LogP contribution in [0.1, 0.15) is 26.2 Å². The normalized spacial score (nSPS) is 18.9. The maximum atomic E-state index is 12.0. The number of carbonyl (C=O) groups is 1. The Hall–Kier alpha value is -0.780. The van der Waals surface area contributed by atoms with Crippen molar-refractivity contribution in [2.24, 2.45) is 5.92 Å². The highest BCUT2D eigenvalue weighted by Gasteiger charge is 2.17. The fourth-order valence-electron chi connectivity index (χ4n) is 2.50. The van der Waals surface area contributed by atoms with E-state index in [2.05, 4.69) is 26.6 Å². The molecule has 22 heavy (non-hydrogen) atoms. The molecule has 1 heterocycles. The van der Waals surface area contributed by atoms with Gasteiger partial charge in [-0.15, -0.1) is 12.4 Å². The van der Waals surface area contributed by atoms with Crippen LogP contribution in [-0.2, 0) is 4.79 Å².